The molecule has 1 atom stereocenters. The van der Waals surface area contributed by atoms with E-state index < -0.39 is 0 Å². The van der Waals surface area contributed by atoms with Gasteiger partial charge in [-0.2, -0.15) is 0 Å². The molecule has 3 heteroatoms. The molecule has 0 bridgehead atoms. The van der Waals surface area contributed by atoms with Gasteiger partial charge in [0.15, 0.2) is 0 Å². The second-order valence-corrected chi connectivity index (χ2v) is 4.79. The molecule has 3 nitrogen and oxygen atoms in total. The van der Waals surface area contributed by atoms with Gasteiger partial charge in [0.2, 0.25) is 5.91 Å². The maximum Gasteiger partial charge on any atom is 0.220 e. The van der Waals surface area contributed by atoms with Crippen LogP contribution in [0.4, 0.5) is 0 Å². The Bertz CT molecular complexity index is 183. The summed E-state index contributed by atoms with van der Waals surface area (Å²) in [6.07, 6.45) is 9.50. The van der Waals surface area contributed by atoms with Crippen molar-refractivity contribution < 1.29 is 4.79 Å². The maximum atomic E-state index is 11.7. The number of unbranched alkanes of at least 4 members (excludes halogenated alkanes) is 3. The van der Waals surface area contributed by atoms with Crippen molar-refractivity contribution in [2.24, 2.45) is 5.73 Å². The first-order valence-corrected chi connectivity index (χ1v) is 7.24. The summed E-state index contributed by atoms with van der Waals surface area (Å²) in [7, 11) is 0. The highest BCUT2D eigenvalue weighted by molar-refractivity contribution is 5.76. The number of rotatable bonds is 11. The van der Waals surface area contributed by atoms with E-state index in [-0.39, 0.29) is 5.91 Å². The van der Waals surface area contributed by atoms with Crippen molar-refractivity contribution in [3.63, 3.8) is 0 Å². The molecule has 0 aromatic carbocycles. The Balaban J connectivity index is 3.70. The van der Waals surface area contributed by atoms with Crippen molar-refractivity contribution in [3.05, 3.63) is 0 Å². The average Bonchev–Trinajstić information content (AvgIpc) is 2.32. The van der Waals surface area contributed by atoms with Gasteiger partial charge in [0, 0.05) is 12.5 Å². The predicted octanol–water partition coefficient (Wildman–Crippen LogP) is 2.98. The van der Waals surface area contributed by atoms with Crippen LogP contribution in [0.5, 0.6) is 0 Å². The monoisotopic (exact) mass is 242 g/mol. The molecule has 102 valence electrons. The van der Waals surface area contributed by atoms with E-state index in [1.54, 1.807) is 0 Å². The van der Waals surface area contributed by atoms with Crippen molar-refractivity contribution in [2.45, 2.75) is 77.7 Å². The van der Waals surface area contributed by atoms with E-state index in [2.05, 4.69) is 19.2 Å². The zero-order valence-electron chi connectivity index (χ0n) is 11.6. The van der Waals surface area contributed by atoms with Crippen LogP contribution in [0.3, 0.4) is 0 Å². The summed E-state index contributed by atoms with van der Waals surface area (Å²) in [5.41, 5.74) is 5.42. The van der Waals surface area contributed by atoms with Crippen LogP contribution in [0, 0.1) is 0 Å². The highest BCUT2D eigenvalue weighted by Crippen LogP contribution is 2.08. The van der Waals surface area contributed by atoms with Crippen molar-refractivity contribution in [2.75, 3.05) is 6.54 Å². The van der Waals surface area contributed by atoms with E-state index in [0.717, 1.165) is 45.1 Å². The smallest absolute Gasteiger partial charge is 0.220 e. The largest absolute Gasteiger partial charge is 0.353 e. The van der Waals surface area contributed by atoms with E-state index in [0.29, 0.717) is 12.5 Å². The van der Waals surface area contributed by atoms with E-state index in [1.807, 2.05) is 0 Å². The second-order valence-electron chi connectivity index (χ2n) is 4.79. The van der Waals surface area contributed by atoms with E-state index in [1.165, 1.54) is 12.8 Å². The number of carbonyl (C=O) groups excluding carboxylic acids is 1. The number of hydrogen-bond acceptors (Lipinski definition) is 2. The second kappa shape index (κ2) is 11.9. The molecular formula is C14H30N2O. The van der Waals surface area contributed by atoms with Gasteiger partial charge in [0.1, 0.15) is 0 Å². The van der Waals surface area contributed by atoms with Gasteiger partial charge in [-0.15, -0.1) is 0 Å². The van der Waals surface area contributed by atoms with Crippen LogP contribution in [0.2, 0.25) is 0 Å². The van der Waals surface area contributed by atoms with Gasteiger partial charge in [0.05, 0.1) is 0 Å². The lowest BCUT2D eigenvalue weighted by molar-refractivity contribution is -0.122. The lowest BCUT2D eigenvalue weighted by Gasteiger charge is -2.17. The molecule has 0 radical (unpaired) electrons. The molecule has 0 aromatic heterocycles. The lowest BCUT2D eigenvalue weighted by atomic mass is 10.0. The van der Waals surface area contributed by atoms with E-state index >= 15 is 0 Å². The molecule has 0 aliphatic carbocycles. The highest BCUT2D eigenvalue weighted by Gasteiger charge is 2.10. The molecule has 17 heavy (non-hydrogen) atoms. The summed E-state index contributed by atoms with van der Waals surface area (Å²) in [4.78, 5) is 11.7. The van der Waals surface area contributed by atoms with Gasteiger partial charge in [-0.3, -0.25) is 4.79 Å². The van der Waals surface area contributed by atoms with Crippen LogP contribution in [0.15, 0.2) is 0 Å². The van der Waals surface area contributed by atoms with Crippen LogP contribution >= 0.6 is 0 Å². The first-order chi connectivity index (χ1) is 8.24. The first kappa shape index (κ1) is 16.4. The predicted molar refractivity (Wildman–Crippen MR) is 73.9 cm³/mol. The molecule has 0 saturated carbocycles. The summed E-state index contributed by atoms with van der Waals surface area (Å²) in [6, 6.07) is 0.391. The third-order valence-corrected chi connectivity index (χ3v) is 3.02. The fourth-order valence-corrected chi connectivity index (χ4v) is 1.99. The number of nitrogens with two attached hydrogens (primary N) is 1. The SMILES string of the molecule is CCCCC(CCC)NC(=O)CCCCCN. The molecule has 0 fully saturated rings. The fraction of sp³-hybridized carbons (Fsp3) is 0.929. The Hall–Kier alpha value is -0.570. The van der Waals surface area contributed by atoms with Crippen LogP contribution in [0.25, 0.3) is 0 Å². The van der Waals surface area contributed by atoms with Gasteiger partial charge in [-0.25, -0.2) is 0 Å². The van der Waals surface area contributed by atoms with Gasteiger partial charge < -0.3 is 11.1 Å². The zero-order valence-corrected chi connectivity index (χ0v) is 11.6. The molecule has 1 amide bonds. The average molecular weight is 242 g/mol. The van der Waals surface area contributed by atoms with Crippen molar-refractivity contribution >= 4 is 5.91 Å². The normalized spacial score (nSPS) is 12.4. The minimum Gasteiger partial charge on any atom is -0.353 e. The summed E-state index contributed by atoms with van der Waals surface area (Å²) in [5.74, 6) is 0.219. The van der Waals surface area contributed by atoms with Crippen LogP contribution in [-0.2, 0) is 4.79 Å². The van der Waals surface area contributed by atoms with Gasteiger partial charge in [-0.05, 0) is 32.2 Å². The Morgan fingerprint density at radius 1 is 1.06 bits per heavy atom. The molecule has 0 aliphatic rings. The summed E-state index contributed by atoms with van der Waals surface area (Å²) < 4.78 is 0. The topological polar surface area (TPSA) is 55.1 Å². The molecule has 0 aliphatic heterocycles. The summed E-state index contributed by atoms with van der Waals surface area (Å²) >= 11 is 0. The highest BCUT2D eigenvalue weighted by atomic mass is 16.1. The van der Waals surface area contributed by atoms with E-state index in [9.17, 15) is 4.79 Å². The number of amides is 1. The molecular weight excluding hydrogens is 212 g/mol. The summed E-state index contributed by atoms with van der Waals surface area (Å²) in [6.45, 7) is 5.10. The zero-order chi connectivity index (χ0) is 12.9. The van der Waals surface area contributed by atoms with Gasteiger partial charge in [0.25, 0.3) is 0 Å². The Morgan fingerprint density at radius 2 is 1.82 bits per heavy atom. The molecule has 0 rings (SSSR count). The molecule has 0 aromatic rings. The summed E-state index contributed by atoms with van der Waals surface area (Å²) in [5, 5.41) is 3.16. The van der Waals surface area contributed by atoms with Crippen LogP contribution in [0.1, 0.15) is 71.6 Å². The number of hydrogen-bond donors (Lipinski definition) is 2. The number of nitrogens with one attached hydrogen (secondary N) is 1. The maximum absolute atomic E-state index is 11.7. The number of carbonyl (C=O) groups is 1. The van der Waals surface area contributed by atoms with Crippen LogP contribution < -0.4 is 11.1 Å². The molecule has 3 N–H and O–H groups in total. The minimum absolute atomic E-state index is 0.219. The molecule has 1 unspecified atom stereocenters. The molecule has 0 heterocycles. The molecule has 0 spiro atoms. The minimum atomic E-state index is 0.219. The Morgan fingerprint density at radius 3 is 2.41 bits per heavy atom. The lowest BCUT2D eigenvalue weighted by Crippen LogP contribution is -2.34. The standard InChI is InChI=1S/C14H30N2O/c1-3-5-10-13(9-4-2)16-14(17)11-7-6-8-12-15/h13H,3-12,15H2,1-2H3,(H,16,17). The van der Waals surface area contributed by atoms with Crippen molar-refractivity contribution in [3.8, 4) is 0 Å². The van der Waals surface area contributed by atoms with Gasteiger partial charge >= 0.3 is 0 Å². The van der Waals surface area contributed by atoms with Gasteiger partial charge in [-0.1, -0.05) is 39.5 Å². The van der Waals surface area contributed by atoms with Crippen molar-refractivity contribution in [1.82, 2.24) is 5.32 Å². The Labute approximate surface area is 107 Å². The quantitative estimate of drug-likeness (QED) is 0.547. The first-order valence-electron chi connectivity index (χ1n) is 7.24. The third-order valence-electron chi connectivity index (χ3n) is 3.02. The third kappa shape index (κ3) is 10.3. The van der Waals surface area contributed by atoms with E-state index in [4.69, 9.17) is 5.73 Å². The molecule has 0 saturated heterocycles. The van der Waals surface area contributed by atoms with Crippen LogP contribution in [-0.4, -0.2) is 18.5 Å². The Kier molecular flexibility index (Phi) is 11.5. The fourth-order valence-electron chi connectivity index (χ4n) is 1.99. The van der Waals surface area contributed by atoms with Crippen molar-refractivity contribution in [1.29, 1.82) is 0 Å².